The summed E-state index contributed by atoms with van der Waals surface area (Å²) in [6.07, 6.45) is 8.23. The molecule has 1 fully saturated rings. The van der Waals surface area contributed by atoms with Crippen LogP contribution in [0, 0.1) is 0 Å². The van der Waals surface area contributed by atoms with E-state index in [0.29, 0.717) is 18.9 Å². The quantitative estimate of drug-likeness (QED) is 0.758. The summed E-state index contributed by atoms with van der Waals surface area (Å²) < 4.78 is 2.05. The van der Waals surface area contributed by atoms with E-state index < -0.39 is 0 Å². The molecule has 1 aliphatic carbocycles. The van der Waals surface area contributed by atoms with Gasteiger partial charge in [-0.2, -0.15) is 5.10 Å². The molecule has 0 bridgehead atoms. The predicted octanol–water partition coefficient (Wildman–Crippen LogP) is 2.52. The first-order valence-corrected chi connectivity index (χ1v) is 5.85. The fourth-order valence-corrected chi connectivity index (χ4v) is 2.17. The third kappa shape index (κ3) is 2.46. The number of carbonyl (C=O) groups is 1. The average molecular weight is 206 g/mol. The number of nitrogens with zero attached hydrogens (tertiary/aromatic N) is 2. The molecule has 0 aromatic carbocycles. The van der Waals surface area contributed by atoms with Crippen molar-refractivity contribution in [3.8, 4) is 0 Å². The Balaban J connectivity index is 2.00. The molecule has 0 saturated heterocycles. The largest absolute Gasteiger partial charge is 0.299 e. The van der Waals surface area contributed by atoms with E-state index >= 15 is 0 Å². The molecular weight excluding hydrogens is 188 g/mol. The van der Waals surface area contributed by atoms with Crippen LogP contribution in [0.3, 0.4) is 0 Å². The highest BCUT2D eigenvalue weighted by Gasteiger charge is 2.17. The zero-order valence-electron chi connectivity index (χ0n) is 9.28. The lowest BCUT2D eigenvalue weighted by Gasteiger charge is -2.08. The topological polar surface area (TPSA) is 34.9 Å². The summed E-state index contributed by atoms with van der Waals surface area (Å²) in [5, 5.41) is 4.48. The van der Waals surface area contributed by atoms with Gasteiger partial charge in [0, 0.05) is 12.6 Å². The molecule has 0 spiro atoms. The zero-order valence-corrected chi connectivity index (χ0v) is 9.28. The Labute approximate surface area is 90.5 Å². The molecule has 1 heterocycles. The van der Waals surface area contributed by atoms with Crippen LogP contribution >= 0.6 is 0 Å². The van der Waals surface area contributed by atoms with E-state index in [1.165, 1.54) is 25.7 Å². The monoisotopic (exact) mass is 206 g/mol. The standard InChI is InChI=1S/C12H18N2O/c1-2-12(15)9-10-7-8-14(13-10)11-5-3-4-6-11/h7-8,11H,2-6,9H2,1H3. The first-order chi connectivity index (χ1) is 7.29. The van der Waals surface area contributed by atoms with Crippen LogP contribution in [0.25, 0.3) is 0 Å². The highest BCUT2D eigenvalue weighted by molar-refractivity contribution is 5.80. The smallest absolute Gasteiger partial charge is 0.138 e. The van der Waals surface area contributed by atoms with Crippen molar-refractivity contribution in [1.82, 2.24) is 9.78 Å². The van der Waals surface area contributed by atoms with Crippen molar-refractivity contribution in [2.24, 2.45) is 0 Å². The number of hydrogen-bond acceptors (Lipinski definition) is 2. The lowest BCUT2D eigenvalue weighted by atomic mass is 10.2. The second-order valence-corrected chi connectivity index (χ2v) is 4.29. The highest BCUT2D eigenvalue weighted by atomic mass is 16.1. The molecule has 3 heteroatoms. The van der Waals surface area contributed by atoms with Gasteiger partial charge in [0.05, 0.1) is 18.2 Å². The van der Waals surface area contributed by atoms with Crippen LogP contribution in [0.15, 0.2) is 12.3 Å². The van der Waals surface area contributed by atoms with E-state index in [2.05, 4.69) is 5.10 Å². The SMILES string of the molecule is CCC(=O)Cc1ccn(C2CCCC2)n1. The van der Waals surface area contributed by atoms with Crippen LogP contribution in [-0.2, 0) is 11.2 Å². The second kappa shape index (κ2) is 4.60. The van der Waals surface area contributed by atoms with Crippen LogP contribution in [-0.4, -0.2) is 15.6 Å². The molecular formula is C12H18N2O. The minimum atomic E-state index is 0.270. The third-order valence-corrected chi connectivity index (χ3v) is 3.14. The van der Waals surface area contributed by atoms with Gasteiger partial charge in [0.2, 0.25) is 0 Å². The van der Waals surface area contributed by atoms with Crippen molar-refractivity contribution in [3.63, 3.8) is 0 Å². The summed E-state index contributed by atoms with van der Waals surface area (Å²) in [5.41, 5.74) is 0.925. The summed E-state index contributed by atoms with van der Waals surface area (Å²) >= 11 is 0. The van der Waals surface area contributed by atoms with E-state index in [1.54, 1.807) is 0 Å². The second-order valence-electron chi connectivity index (χ2n) is 4.29. The first-order valence-electron chi connectivity index (χ1n) is 5.85. The molecule has 0 N–H and O–H groups in total. The third-order valence-electron chi connectivity index (χ3n) is 3.14. The van der Waals surface area contributed by atoms with Crippen molar-refractivity contribution >= 4 is 5.78 Å². The Hall–Kier alpha value is -1.12. The minimum absolute atomic E-state index is 0.270. The molecule has 0 atom stereocenters. The van der Waals surface area contributed by atoms with Gasteiger partial charge in [0.15, 0.2) is 0 Å². The van der Waals surface area contributed by atoms with Crippen LogP contribution < -0.4 is 0 Å². The van der Waals surface area contributed by atoms with Gasteiger partial charge in [-0.1, -0.05) is 19.8 Å². The van der Waals surface area contributed by atoms with E-state index in [1.807, 2.05) is 23.9 Å². The first kappa shape index (κ1) is 10.4. The number of ketones is 1. The van der Waals surface area contributed by atoms with Crippen LogP contribution in [0.4, 0.5) is 0 Å². The van der Waals surface area contributed by atoms with Crippen molar-refractivity contribution in [1.29, 1.82) is 0 Å². The maximum atomic E-state index is 11.3. The number of Topliss-reactive ketones (excluding diaryl/α,β-unsaturated/α-hetero) is 1. The van der Waals surface area contributed by atoms with E-state index in [4.69, 9.17) is 0 Å². The van der Waals surface area contributed by atoms with Crippen molar-refractivity contribution < 1.29 is 4.79 Å². The van der Waals surface area contributed by atoms with Crippen LogP contribution in [0.2, 0.25) is 0 Å². The molecule has 0 amide bonds. The molecule has 0 aliphatic heterocycles. The summed E-state index contributed by atoms with van der Waals surface area (Å²) in [5.74, 6) is 0.270. The normalized spacial score (nSPS) is 17.1. The number of aromatic nitrogens is 2. The molecule has 1 aromatic rings. The van der Waals surface area contributed by atoms with Gasteiger partial charge in [0.25, 0.3) is 0 Å². The van der Waals surface area contributed by atoms with Gasteiger partial charge < -0.3 is 0 Å². The molecule has 0 unspecified atom stereocenters. The molecule has 2 rings (SSSR count). The van der Waals surface area contributed by atoms with Crippen molar-refractivity contribution in [2.45, 2.75) is 51.5 Å². The average Bonchev–Trinajstić information content (AvgIpc) is 2.85. The molecule has 1 saturated carbocycles. The maximum Gasteiger partial charge on any atom is 0.138 e. The van der Waals surface area contributed by atoms with Gasteiger partial charge in [-0.05, 0) is 18.9 Å². The lowest BCUT2D eigenvalue weighted by molar-refractivity contribution is -0.118. The molecule has 1 aliphatic rings. The minimum Gasteiger partial charge on any atom is -0.299 e. The molecule has 3 nitrogen and oxygen atoms in total. The molecule has 82 valence electrons. The van der Waals surface area contributed by atoms with Crippen molar-refractivity contribution in [2.75, 3.05) is 0 Å². The summed E-state index contributed by atoms with van der Waals surface area (Å²) in [7, 11) is 0. The Morgan fingerprint density at radius 1 is 1.53 bits per heavy atom. The van der Waals surface area contributed by atoms with E-state index in [0.717, 1.165) is 5.69 Å². The van der Waals surface area contributed by atoms with Crippen LogP contribution in [0.1, 0.15) is 50.8 Å². The predicted molar refractivity (Wildman–Crippen MR) is 58.7 cm³/mol. The molecule has 15 heavy (non-hydrogen) atoms. The Bertz CT molecular complexity index is 337. The van der Waals surface area contributed by atoms with Crippen LogP contribution in [0.5, 0.6) is 0 Å². The Morgan fingerprint density at radius 2 is 2.27 bits per heavy atom. The Morgan fingerprint density at radius 3 is 2.93 bits per heavy atom. The van der Waals surface area contributed by atoms with Gasteiger partial charge in [-0.15, -0.1) is 0 Å². The molecule has 0 radical (unpaired) electrons. The van der Waals surface area contributed by atoms with Gasteiger partial charge in [-0.3, -0.25) is 9.48 Å². The summed E-state index contributed by atoms with van der Waals surface area (Å²) in [6.45, 7) is 1.90. The van der Waals surface area contributed by atoms with Crippen molar-refractivity contribution in [3.05, 3.63) is 18.0 Å². The van der Waals surface area contributed by atoms with Gasteiger partial charge in [0.1, 0.15) is 5.78 Å². The lowest BCUT2D eigenvalue weighted by Crippen LogP contribution is -2.07. The number of hydrogen-bond donors (Lipinski definition) is 0. The van der Waals surface area contributed by atoms with E-state index in [9.17, 15) is 4.79 Å². The highest BCUT2D eigenvalue weighted by Crippen LogP contribution is 2.28. The van der Waals surface area contributed by atoms with Gasteiger partial charge in [-0.25, -0.2) is 0 Å². The summed E-state index contributed by atoms with van der Waals surface area (Å²) in [6, 6.07) is 2.56. The number of carbonyl (C=O) groups excluding carboxylic acids is 1. The Kier molecular flexibility index (Phi) is 3.19. The zero-order chi connectivity index (χ0) is 10.7. The maximum absolute atomic E-state index is 11.3. The van der Waals surface area contributed by atoms with E-state index in [-0.39, 0.29) is 5.78 Å². The molecule has 1 aromatic heterocycles. The fourth-order valence-electron chi connectivity index (χ4n) is 2.17. The fraction of sp³-hybridized carbons (Fsp3) is 0.667. The number of rotatable bonds is 4. The summed E-state index contributed by atoms with van der Waals surface area (Å²) in [4.78, 5) is 11.3. The van der Waals surface area contributed by atoms with Gasteiger partial charge >= 0.3 is 0 Å².